The number of sulfonamides is 1. The van der Waals surface area contributed by atoms with Gasteiger partial charge in [0.05, 0.1) is 5.25 Å². The molecule has 86 valence electrons. The summed E-state index contributed by atoms with van der Waals surface area (Å²) < 4.78 is 27.2. The first-order valence-electron chi connectivity index (χ1n) is 4.88. The molecular formula is C9H17N3O2S. The first-order chi connectivity index (χ1) is 6.93. The topological polar surface area (TPSA) is 64.0 Å². The van der Waals surface area contributed by atoms with Gasteiger partial charge in [-0.15, -0.1) is 0 Å². The van der Waals surface area contributed by atoms with E-state index in [1.54, 1.807) is 20.0 Å². The molecule has 0 bridgehead atoms. The first-order valence-corrected chi connectivity index (χ1v) is 6.43. The van der Waals surface area contributed by atoms with Gasteiger partial charge in [-0.1, -0.05) is 0 Å². The Hall–Kier alpha value is -0.880. The van der Waals surface area contributed by atoms with Gasteiger partial charge in [0.2, 0.25) is 10.0 Å². The maximum absolute atomic E-state index is 11.4. The highest BCUT2D eigenvalue weighted by atomic mass is 32.2. The molecule has 0 unspecified atom stereocenters. The van der Waals surface area contributed by atoms with Crippen LogP contribution in [0.25, 0.3) is 0 Å². The summed E-state index contributed by atoms with van der Waals surface area (Å²) in [6, 6.07) is 0. The Bertz CT molecular complexity index is 409. The highest BCUT2D eigenvalue weighted by molar-refractivity contribution is 7.90. The number of imidazole rings is 1. The van der Waals surface area contributed by atoms with Crippen LogP contribution in [0.3, 0.4) is 0 Å². The number of rotatable bonds is 5. The standard InChI is InChI=1S/C9H17N3O2S/c1-8(2)15(13,14)11-5-4-9-10-6-7-12(9)3/h6-8,11H,4-5H2,1-3H3. The van der Waals surface area contributed by atoms with Crippen molar-refractivity contribution in [2.75, 3.05) is 6.54 Å². The lowest BCUT2D eigenvalue weighted by Gasteiger charge is -2.08. The Morgan fingerprint density at radius 1 is 1.53 bits per heavy atom. The zero-order valence-corrected chi connectivity index (χ0v) is 10.1. The molecule has 1 aromatic rings. The van der Waals surface area contributed by atoms with Crippen molar-refractivity contribution < 1.29 is 8.42 Å². The molecule has 0 atom stereocenters. The number of aromatic nitrogens is 2. The summed E-state index contributed by atoms with van der Waals surface area (Å²) in [5.41, 5.74) is 0. The lowest BCUT2D eigenvalue weighted by atomic mass is 10.4. The van der Waals surface area contributed by atoms with E-state index < -0.39 is 10.0 Å². The van der Waals surface area contributed by atoms with Gasteiger partial charge in [0, 0.05) is 32.4 Å². The van der Waals surface area contributed by atoms with Crippen LogP contribution < -0.4 is 4.72 Å². The molecule has 5 nitrogen and oxygen atoms in total. The van der Waals surface area contributed by atoms with E-state index in [1.807, 2.05) is 17.8 Å². The molecule has 0 saturated carbocycles. The quantitative estimate of drug-likeness (QED) is 0.792. The SMILES string of the molecule is CC(C)S(=O)(=O)NCCc1nccn1C. The molecule has 1 N–H and O–H groups in total. The van der Waals surface area contributed by atoms with E-state index in [2.05, 4.69) is 9.71 Å². The second kappa shape index (κ2) is 4.76. The average molecular weight is 231 g/mol. The minimum absolute atomic E-state index is 0.390. The van der Waals surface area contributed by atoms with Crippen molar-refractivity contribution in [3.05, 3.63) is 18.2 Å². The number of nitrogens with zero attached hydrogens (tertiary/aromatic N) is 2. The van der Waals surface area contributed by atoms with Gasteiger partial charge in [-0.2, -0.15) is 0 Å². The molecule has 0 radical (unpaired) electrons. The van der Waals surface area contributed by atoms with E-state index in [-0.39, 0.29) is 5.25 Å². The van der Waals surface area contributed by atoms with Crippen molar-refractivity contribution in [1.82, 2.24) is 14.3 Å². The Kier molecular flexibility index (Phi) is 3.87. The third-order valence-electron chi connectivity index (χ3n) is 2.19. The lowest BCUT2D eigenvalue weighted by molar-refractivity contribution is 0.571. The Morgan fingerprint density at radius 3 is 2.67 bits per heavy atom. The Labute approximate surface area is 90.6 Å². The molecule has 0 fully saturated rings. The molecule has 1 heterocycles. The molecule has 0 aliphatic carbocycles. The predicted molar refractivity (Wildman–Crippen MR) is 59.0 cm³/mol. The molecule has 15 heavy (non-hydrogen) atoms. The number of aryl methyl sites for hydroxylation is 1. The van der Waals surface area contributed by atoms with Crippen LogP contribution in [0.5, 0.6) is 0 Å². The minimum atomic E-state index is -3.15. The summed E-state index contributed by atoms with van der Waals surface area (Å²) in [5.74, 6) is 0.876. The summed E-state index contributed by atoms with van der Waals surface area (Å²) >= 11 is 0. The summed E-state index contributed by atoms with van der Waals surface area (Å²) in [6.07, 6.45) is 4.15. The third kappa shape index (κ3) is 3.32. The van der Waals surface area contributed by atoms with Crippen molar-refractivity contribution in [2.24, 2.45) is 7.05 Å². The van der Waals surface area contributed by atoms with Gasteiger partial charge >= 0.3 is 0 Å². The third-order valence-corrected chi connectivity index (χ3v) is 4.04. The van der Waals surface area contributed by atoms with Gasteiger partial charge in [-0.05, 0) is 13.8 Å². The van der Waals surface area contributed by atoms with Crippen molar-refractivity contribution >= 4 is 10.0 Å². The summed E-state index contributed by atoms with van der Waals surface area (Å²) in [5, 5.41) is -0.390. The van der Waals surface area contributed by atoms with Crippen LogP contribution in [0.2, 0.25) is 0 Å². The lowest BCUT2D eigenvalue weighted by Crippen LogP contribution is -2.32. The Balaban J connectivity index is 2.44. The van der Waals surface area contributed by atoms with Gasteiger partial charge < -0.3 is 4.57 Å². The fourth-order valence-corrected chi connectivity index (χ4v) is 1.83. The number of nitrogens with one attached hydrogen (secondary N) is 1. The van der Waals surface area contributed by atoms with Gasteiger partial charge in [0.1, 0.15) is 5.82 Å². The minimum Gasteiger partial charge on any atom is -0.338 e. The molecule has 0 spiro atoms. The molecular weight excluding hydrogens is 214 g/mol. The van der Waals surface area contributed by atoms with Crippen LogP contribution in [-0.4, -0.2) is 29.8 Å². The average Bonchev–Trinajstić information content (AvgIpc) is 2.51. The fourth-order valence-electron chi connectivity index (χ4n) is 1.11. The van der Waals surface area contributed by atoms with Crippen molar-refractivity contribution in [3.8, 4) is 0 Å². The van der Waals surface area contributed by atoms with Crippen LogP contribution in [0.15, 0.2) is 12.4 Å². The Morgan fingerprint density at radius 2 is 2.20 bits per heavy atom. The number of hydrogen-bond donors (Lipinski definition) is 1. The van der Waals surface area contributed by atoms with Crippen molar-refractivity contribution in [1.29, 1.82) is 0 Å². The number of hydrogen-bond acceptors (Lipinski definition) is 3. The van der Waals surface area contributed by atoms with Gasteiger partial charge in [-0.25, -0.2) is 18.1 Å². The molecule has 0 aromatic carbocycles. The molecule has 6 heteroatoms. The van der Waals surface area contributed by atoms with E-state index >= 15 is 0 Å². The molecule has 0 aliphatic heterocycles. The molecule has 1 aromatic heterocycles. The predicted octanol–water partition coefficient (Wildman–Crippen LogP) is 0.290. The van der Waals surface area contributed by atoms with E-state index in [9.17, 15) is 8.42 Å². The van der Waals surface area contributed by atoms with Crippen LogP contribution in [0.4, 0.5) is 0 Å². The van der Waals surface area contributed by atoms with E-state index in [0.29, 0.717) is 13.0 Å². The molecule has 0 aliphatic rings. The first kappa shape index (κ1) is 12.2. The highest BCUT2D eigenvalue weighted by Crippen LogP contribution is 1.98. The fraction of sp³-hybridized carbons (Fsp3) is 0.667. The van der Waals surface area contributed by atoms with Crippen LogP contribution in [0, 0.1) is 0 Å². The smallest absolute Gasteiger partial charge is 0.213 e. The van der Waals surface area contributed by atoms with E-state index in [1.165, 1.54) is 0 Å². The van der Waals surface area contributed by atoms with Gasteiger partial charge in [0.15, 0.2) is 0 Å². The van der Waals surface area contributed by atoms with Crippen LogP contribution in [-0.2, 0) is 23.5 Å². The zero-order chi connectivity index (χ0) is 11.5. The summed E-state index contributed by atoms with van der Waals surface area (Å²) in [6.45, 7) is 3.71. The van der Waals surface area contributed by atoms with Crippen LogP contribution >= 0.6 is 0 Å². The van der Waals surface area contributed by atoms with Crippen molar-refractivity contribution in [3.63, 3.8) is 0 Å². The van der Waals surface area contributed by atoms with E-state index in [4.69, 9.17) is 0 Å². The van der Waals surface area contributed by atoms with Gasteiger partial charge in [0.25, 0.3) is 0 Å². The molecule has 0 saturated heterocycles. The largest absolute Gasteiger partial charge is 0.338 e. The maximum Gasteiger partial charge on any atom is 0.213 e. The van der Waals surface area contributed by atoms with E-state index in [0.717, 1.165) is 5.82 Å². The second-order valence-corrected chi connectivity index (χ2v) is 6.01. The van der Waals surface area contributed by atoms with Crippen LogP contribution in [0.1, 0.15) is 19.7 Å². The van der Waals surface area contributed by atoms with Crippen molar-refractivity contribution in [2.45, 2.75) is 25.5 Å². The second-order valence-electron chi connectivity index (χ2n) is 3.69. The zero-order valence-electron chi connectivity index (χ0n) is 9.27. The maximum atomic E-state index is 11.4. The highest BCUT2D eigenvalue weighted by Gasteiger charge is 2.14. The summed E-state index contributed by atoms with van der Waals surface area (Å²) in [7, 11) is -1.26. The molecule has 1 rings (SSSR count). The normalized spacial score (nSPS) is 12.3. The summed E-state index contributed by atoms with van der Waals surface area (Å²) in [4.78, 5) is 4.11. The molecule has 0 amide bonds. The monoisotopic (exact) mass is 231 g/mol. The van der Waals surface area contributed by atoms with Gasteiger partial charge in [-0.3, -0.25) is 0 Å².